The minimum absolute atomic E-state index is 0.0936. The summed E-state index contributed by atoms with van der Waals surface area (Å²) in [5.74, 6) is -0.122. The lowest BCUT2D eigenvalue weighted by molar-refractivity contribution is 0.0594. The Balaban J connectivity index is 2.11. The van der Waals surface area contributed by atoms with Gasteiger partial charge in [0.2, 0.25) is 0 Å². The summed E-state index contributed by atoms with van der Waals surface area (Å²) < 4.78 is 5.07. The lowest BCUT2D eigenvalue weighted by Gasteiger charge is -2.34. The van der Waals surface area contributed by atoms with Crippen molar-refractivity contribution in [3.8, 4) is 0 Å². The van der Waals surface area contributed by atoms with E-state index in [0.717, 1.165) is 19.6 Å². The molecule has 1 aliphatic rings. The van der Waals surface area contributed by atoms with Crippen molar-refractivity contribution in [3.05, 3.63) is 50.2 Å². The van der Waals surface area contributed by atoms with Crippen LogP contribution in [0.3, 0.4) is 0 Å². The van der Waals surface area contributed by atoms with Crippen LogP contribution < -0.4 is 0 Å². The van der Waals surface area contributed by atoms with Gasteiger partial charge in [-0.05, 0) is 34.8 Å². The van der Waals surface area contributed by atoms with Crippen molar-refractivity contribution in [2.75, 3.05) is 46.4 Å². The Morgan fingerprint density at radius 1 is 1.20 bits per heavy atom. The van der Waals surface area contributed by atoms with E-state index in [0.29, 0.717) is 36.5 Å². The fraction of sp³-hybridized carbons (Fsp3) is 0.533. The van der Waals surface area contributed by atoms with Crippen LogP contribution in [0.1, 0.15) is 15.9 Å². The number of carbonyl (C=O) groups is 1. The van der Waals surface area contributed by atoms with Crippen molar-refractivity contribution in [3.63, 3.8) is 0 Å². The molecule has 0 spiro atoms. The molecular formula is C15H20N8O2. The minimum atomic E-state index is -0.122. The predicted molar refractivity (Wildman–Crippen MR) is 92.3 cm³/mol. The third kappa shape index (κ3) is 5.37. The number of nitrogens with zero attached hydrogens (tertiary/aromatic N) is 8. The molecule has 25 heavy (non-hydrogen) atoms. The molecule has 10 heteroatoms. The molecule has 1 saturated heterocycles. The first-order chi connectivity index (χ1) is 12.2. The van der Waals surface area contributed by atoms with Gasteiger partial charge in [0.15, 0.2) is 0 Å². The molecule has 2 rings (SSSR count). The molecule has 1 aromatic carbocycles. The van der Waals surface area contributed by atoms with E-state index in [-0.39, 0.29) is 12.5 Å². The summed E-state index contributed by atoms with van der Waals surface area (Å²) in [6.45, 7) is 4.44. The lowest BCUT2D eigenvalue weighted by Crippen LogP contribution is -2.49. The van der Waals surface area contributed by atoms with Gasteiger partial charge in [-0.15, -0.1) is 0 Å². The first-order valence-corrected chi connectivity index (χ1v) is 7.88. The maximum absolute atomic E-state index is 12.7. The second kappa shape index (κ2) is 9.51. The summed E-state index contributed by atoms with van der Waals surface area (Å²) in [6.07, 6.45) is 0. The number of azide groups is 2. The highest BCUT2D eigenvalue weighted by Crippen LogP contribution is 2.21. The fourth-order valence-corrected chi connectivity index (χ4v) is 2.69. The normalized spacial score (nSPS) is 14.5. The topological polar surface area (TPSA) is 130 Å². The van der Waals surface area contributed by atoms with E-state index in [1.807, 2.05) is 0 Å². The standard InChI is InChI=1S/C15H20N8O2/c1-25-7-6-22-2-4-23(5-3-22)15(24)13-8-12(11-18-20-16)9-14(10-13)19-21-17/h8-10H,2-7,11H2,1H3. The second-order valence-corrected chi connectivity index (χ2v) is 5.59. The average molecular weight is 344 g/mol. The third-order valence-corrected chi connectivity index (χ3v) is 3.97. The second-order valence-electron chi connectivity index (χ2n) is 5.59. The van der Waals surface area contributed by atoms with Gasteiger partial charge in [0.25, 0.3) is 5.91 Å². The number of piperazine rings is 1. The summed E-state index contributed by atoms with van der Waals surface area (Å²) in [5.41, 5.74) is 18.5. The molecule has 10 nitrogen and oxygen atoms in total. The predicted octanol–water partition coefficient (Wildman–Crippen LogP) is 2.84. The van der Waals surface area contributed by atoms with Crippen molar-refractivity contribution in [2.24, 2.45) is 10.2 Å². The highest BCUT2D eigenvalue weighted by molar-refractivity contribution is 5.95. The number of hydrogen-bond donors (Lipinski definition) is 0. The van der Waals surface area contributed by atoms with Crippen molar-refractivity contribution in [1.29, 1.82) is 0 Å². The Kier molecular flexibility index (Phi) is 7.06. The Labute approximate surface area is 145 Å². The molecular weight excluding hydrogens is 324 g/mol. The van der Waals surface area contributed by atoms with Crippen LogP contribution in [0.2, 0.25) is 0 Å². The molecule has 0 bridgehead atoms. The molecule has 0 saturated carbocycles. The van der Waals surface area contributed by atoms with Gasteiger partial charge in [0.05, 0.1) is 13.2 Å². The number of ether oxygens (including phenoxy) is 1. The van der Waals surface area contributed by atoms with Crippen LogP contribution in [0.25, 0.3) is 20.9 Å². The number of methoxy groups -OCH3 is 1. The summed E-state index contributed by atoms with van der Waals surface area (Å²) in [7, 11) is 1.67. The minimum Gasteiger partial charge on any atom is -0.383 e. The molecule has 0 atom stereocenters. The molecule has 1 heterocycles. The quantitative estimate of drug-likeness (QED) is 0.428. The van der Waals surface area contributed by atoms with E-state index in [1.54, 1.807) is 30.2 Å². The smallest absolute Gasteiger partial charge is 0.253 e. The summed E-state index contributed by atoms with van der Waals surface area (Å²) in [4.78, 5) is 22.2. The molecule has 1 aliphatic heterocycles. The van der Waals surface area contributed by atoms with Crippen LogP contribution in [0.4, 0.5) is 5.69 Å². The zero-order chi connectivity index (χ0) is 18.1. The summed E-state index contributed by atoms with van der Waals surface area (Å²) >= 11 is 0. The van der Waals surface area contributed by atoms with Crippen LogP contribution in [-0.4, -0.2) is 62.1 Å². The highest BCUT2D eigenvalue weighted by Gasteiger charge is 2.22. The van der Waals surface area contributed by atoms with Gasteiger partial charge in [-0.3, -0.25) is 9.69 Å². The van der Waals surface area contributed by atoms with Crippen molar-refractivity contribution in [1.82, 2.24) is 9.80 Å². The van der Waals surface area contributed by atoms with Gasteiger partial charge in [0.1, 0.15) is 0 Å². The summed E-state index contributed by atoms with van der Waals surface area (Å²) in [6, 6.07) is 4.83. The number of amides is 1. The first-order valence-electron chi connectivity index (χ1n) is 7.88. The SMILES string of the molecule is COCCN1CCN(C(=O)c2cc(CN=[N+]=[N-])cc(N=[N+]=[N-])c2)CC1. The van der Waals surface area contributed by atoms with Crippen LogP contribution in [0.5, 0.6) is 0 Å². The van der Waals surface area contributed by atoms with E-state index in [4.69, 9.17) is 15.8 Å². The number of hydrogen-bond acceptors (Lipinski definition) is 5. The highest BCUT2D eigenvalue weighted by atomic mass is 16.5. The van der Waals surface area contributed by atoms with Crippen LogP contribution in [0, 0.1) is 0 Å². The van der Waals surface area contributed by atoms with Crippen LogP contribution >= 0.6 is 0 Å². The Bertz CT molecular complexity index is 701. The molecule has 0 unspecified atom stereocenters. The van der Waals surface area contributed by atoms with Gasteiger partial charge in [-0.2, -0.15) is 0 Å². The van der Waals surface area contributed by atoms with Gasteiger partial charge in [0, 0.05) is 60.9 Å². The van der Waals surface area contributed by atoms with Crippen molar-refractivity contribution in [2.45, 2.75) is 6.54 Å². The Hall–Kier alpha value is -2.77. The largest absolute Gasteiger partial charge is 0.383 e. The Morgan fingerprint density at radius 3 is 2.60 bits per heavy atom. The molecule has 0 radical (unpaired) electrons. The van der Waals surface area contributed by atoms with E-state index in [1.165, 1.54) is 0 Å². The zero-order valence-corrected chi connectivity index (χ0v) is 14.1. The molecule has 0 aromatic heterocycles. The van der Waals surface area contributed by atoms with E-state index in [9.17, 15) is 4.79 Å². The lowest BCUT2D eigenvalue weighted by atomic mass is 10.1. The molecule has 1 aromatic rings. The molecule has 1 fully saturated rings. The first kappa shape index (κ1) is 18.6. The third-order valence-electron chi connectivity index (χ3n) is 3.97. The zero-order valence-electron chi connectivity index (χ0n) is 14.1. The van der Waals surface area contributed by atoms with E-state index >= 15 is 0 Å². The van der Waals surface area contributed by atoms with E-state index < -0.39 is 0 Å². The average Bonchev–Trinajstić information content (AvgIpc) is 2.64. The number of benzene rings is 1. The fourth-order valence-electron chi connectivity index (χ4n) is 2.69. The van der Waals surface area contributed by atoms with Gasteiger partial charge in [-0.1, -0.05) is 10.2 Å². The van der Waals surface area contributed by atoms with Gasteiger partial charge in [-0.25, -0.2) is 0 Å². The Morgan fingerprint density at radius 2 is 1.96 bits per heavy atom. The van der Waals surface area contributed by atoms with Crippen LogP contribution in [-0.2, 0) is 11.3 Å². The maximum Gasteiger partial charge on any atom is 0.253 e. The van der Waals surface area contributed by atoms with Gasteiger partial charge < -0.3 is 9.64 Å². The number of rotatable bonds is 7. The maximum atomic E-state index is 12.7. The van der Waals surface area contributed by atoms with Crippen molar-refractivity contribution >= 4 is 11.6 Å². The van der Waals surface area contributed by atoms with Crippen LogP contribution in [0.15, 0.2) is 28.4 Å². The van der Waals surface area contributed by atoms with E-state index in [2.05, 4.69) is 25.0 Å². The van der Waals surface area contributed by atoms with Gasteiger partial charge >= 0.3 is 0 Å². The van der Waals surface area contributed by atoms with Crippen molar-refractivity contribution < 1.29 is 9.53 Å². The molecule has 132 valence electrons. The summed E-state index contributed by atoms with van der Waals surface area (Å²) in [5, 5.41) is 7.06. The molecule has 0 aliphatic carbocycles. The monoisotopic (exact) mass is 344 g/mol. The molecule has 0 N–H and O–H groups in total. The number of carbonyl (C=O) groups excluding carboxylic acids is 1. The molecule has 1 amide bonds.